The Morgan fingerprint density at radius 3 is 2.28 bits per heavy atom. The van der Waals surface area contributed by atoms with Crippen LogP contribution in [0.2, 0.25) is 0 Å². The summed E-state index contributed by atoms with van der Waals surface area (Å²) in [5, 5.41) is 8.99. The standard InChI is InChI=1S/C15H14O3/c16-9-12-3-1-11(2-4-12)7-13-5-6-14-15(8-13)18-10-17-14/h1-6,8,16H,7,9-10H2. The van der Waals surface area contributed by atoms with Crippen LogP contribution >= 0.6 is 0 Å². The van der Waals surface area contributed by atoms with Crippen molar-refractivity contribution in [2.75, 3.05) is 6.79 Å². The van der Waals surface area contributed by atoms with Crippen LogP contribution in [0.4, 0.5) is 0 Å². The Kier molecular flexibility index (Phi) is 2.90. The van der Waals surface area contributed by atoms with Gasteiger partial charge in [-0.3, -0.25) is 0 Å². The number of aliphatic hydroxyl groups excluding tert-OH is 1. The van der Waals surface area contributed by atoms with Crippen molar-refractivity contribution in [2.24, 2.45) is 0 Å². The van der Waals surface area contributed by atoms with Gasteiger partial charge in [-0.15, -0.1) is 0 Å². The second kappa shape index (κ2) is 4.70. The predicted molar refractivity (Wildman–Crippen MR) is 67.7 cm³/mol. The lowest BCUT2D eigenvalue weighted by molar-refractivity contribution is 0.174. The van der Waals surface area contributed by atoms with Crippen LogP contribution in [0.5, 0.6) is 11.5 Å². The van der Waals surface area contributed by atoms with Crippen LogP contribution in [0.25, 0.3) is 0 Å². The van der Waals surface area contributed by atoms with Crippen molar-refractivity contribution in [3.8, 4) is 11.5 Å². The second-order valence-corrected chi connectivity index (χ2v) is 4.34. The van der Waals surface area contributed by atoms with E-state index >= 15 is 0 Å². The average Bonchev–Trinajstić information content (AvgIpc) is 2.87. The van der Waals surface area contributed by atoms with Crippen molar-refractivity contribution >= 4 is 0 Å². The van der Waals surface area contributed by atoms with Gasteiger partial charge in [-0.2, -0.15) is 0 Å². The molecular weight excluding hydrogens is 228 g/mol. The quantitative estimate of drug-likeness (QED) is 0.898. The Balaban J connectivity index is 1.79. The molecule has 1 aliphatic rings. The van der Waals surface area contributed by atoms with Crippen molar-refractivity contribution in [1.29, 1.82) is 0 Å². The van der Waals surface area contributed by atoms with E-state index in [2.05, 4.69) is 0 Å². The van der Waals surface area contributed by atoms with Crippen molar-refractivity contribution < 1.29 is 14.6 Å². The third kappa shape index (κ3) is 2.17. The number of hydrogen-bond acceptors (Lipinski definition) is 3. The van der Waals surface area contributed by atoms with Gasteiger partial charge in [0.1, 0.15) is 0 Å². The molecule has 3 heteroatoms. The fraction of sp³-hybridized carbons (Fsp3) is 0.200. The molecule has 0 saturated heterocycles. The van der Waals surface area contributed by atoms with Crippen LogP contribution in [0.3, 0.4) is 0 Å². The highest BCUT2D eigenvalue weighted by atomic mass is 16.7. The van der Waals surface area contributed by atoms with Gasteiger partial charge < -0.3 is 14.6 Å². The van der Waals surface area contributed by atoms with Gasteiger partial charge in [0.25, 0.3) is 0 Å². The maximum Gasteiger partial charge on any atom is 0.231 e. The van der Waals surface area contributed by atoms with Gasteiger partial charge in [-0.1, -0.05) is 30.3 Å². The smallest absolute Gasteiger partial charge is 0.231 e. The minimum atomic E-state index is 0.0876. The van der Waals surface area contributed by atoms with Gasteiger partial charge in [-0.05, 0) is 35.2 Å². The lowest BCUT2D eigenvalue weighted by atomic mass is 10.0. The van der Waals surface area contributed by atoms with E-state index in [-0.39, 0.29) is 6.61 Å². The summed E-state index contributed by atoms with van der Waals surface area (Å²) in [6.07, 6.45) is 0.850. The van der Waals surface area contributed by atoms with Crippen LogP contribution in [0.15, 0.2) is 42.5 Å². The molecule has 3 rings (SSSR count). The monoisotopic (exact) mass is 242 g/mol. The summed E-state index contributed by atoms with van der Waals surface area (Å²) in [5.41, 5.74) is 3.34. The fourth-order valence-electron chi connectivity index (χ4n) is 2.05. The first-order valence-corrected chi connectivity index (χ1v) is 5.92. The van der Waals surface area contributed by atoms with E-state index in [1.54, 1.807) is 0 Å². The molecule has 92 valence electrons. The van der Waals surface area contributed by atoms with E-state index in [1.165, 1.54) is 11.1 Å². The molecule has 0 fully saturated rings. The van der Waals surface area contributed by atoms with E-state index in [0.717, 1.165) is 23.5 Å². The highest BCUT2D eigenvalue weighted by Gasteiger charge is 2.13. The Bertz CT molecular complexity index is 546. The largest absolute Gasteiger partial charge is 0.454 e. The van der Waals surface area contributed by atoms with Crippen LogP contribution in [0, 0.1) is 0 Å². The van der Waals surface area contributed by atoms with Crippen molar-refractivity contribution in [3.63, 3.8) is 0 Å². The summed E-state index contributed by atoms with van der Waals surface area (Å²) in [6.45, 7) is 0.397. The summed E-state index contributed by atoms with van der Waals surface area (Å²) in [6, 6.07) is 14.0. The second-order valence-electron chi connectivity index (χ2n) is 4.34. The summed E-state index contributed by atoms with van der Waals surface area (Å²) >= 11 is 0. The molecule has 0 bridgehead atoms. The first kappa shape index (κ1) is 11.1. The maximum absolute atomic E-state index is 8.99. The number of fused-ring (bicyclic) bond motifs is 1. The first-order valence-electron chi connectivity index (χ1n) is 5.92. The van der Waals surface area contributed by atoms with Crippen molar-refractivity contribution in [2.45, 2.75) is 13.0 Å². The third-order valence-corrected chi connectivity index (χ3v) is 3.05. The third-order valence-electron chi connectivity index (χ3n) is 3.05. The predicted octanol–water partition coefficient (Wildman–Crippen LogP) is 2.50. The SMILES string of the molecule is OCc1ccc(Cc2ccc3c(c2)OCO3)cc1. The highest BCUT2D eigenvalue weighted by molar-refractivity contribution is 5.45. The molecule has 0 amide bonds. The fourth-order valence-corrected chi connectivity index (χ4v) is 2.05. The van der Waals surface area contributed by atoms with Crippen LogP contribution < -0.4 is 9.47 Å². The number of hydrogen-bond donors (Lipinski definition) is 1. The molecule has 2 aromatic carbocycles. The zero-order valence-electron chi connectivity index (χ0n) is 9.93. The number of ether oxygens (including phenoxy) is 2. The minimum absolute atomic E-state index is 0.0876. The maximum atomic E-state index is 8.99. The molecular formula is C15H14O3. The average molecular weight is 242 g/mol. The Hall–Kier alpha value is -2.00. The molecule has 3 nitrogen and oxygen atoms in total. The summed E-state index contributed by atoms with van der Waals surface area (Å²) < 4.78 is 10.6. The van der Waals surface area contributed by atoms with E-state index < -0.39 is 0 Å². The molecule has 0 aromatic heterocycles. The van der Waals surface area contributed by atoms with Gasteiger partial charge in [-0.25, -0.2) is 0 Å². The number of aliphatic hydroxyl groups is 1. The summed E-state index contributed by atoms with van der Waals surface area (Å²) in [7, 11) is 0. The molecule has 0 atom stereocenters. The molecule has 0 aliphatic carbocycles. The van der Waals surface area contributed by atoms with E-state index in [9.17, 15) is 0 Å². The Morgan fingerprint density at radius 2 is 1.50 bits per heavy atom. The first-order chi connectivity index (χ1) is 8.85. The zero-order chi connectivity index (χ0) is 12.4. The molecule has 1 heterocycles. The lowest BCUT2D eigenvalue weighted by Crippen LogP contribution is -1.93. The van der Waals surface area contributed by atoms with Gasteiger partial charge in [0.05, 0.1) is 6.61 Å². The minimum Gasteiger partial charge on any atom is -0.454 e. The Morgan fingerprint density at radius 1 is 0.833 bits per heavy atom. The van der Waals surface area contributed by atoms with Gasteiger partial charge in [0.2, 0.25) is 6.79 Å². The van der Waals surface area contributed by atoms with E-state index in [1.807, 2.05) is 42.5 Å². The van der Waals surface area contributed by atoms with Crippen LogP contribution in [-0.4, -0.2) is 11.9 Å². The molecule has 1 aliphatic heterocycles. The molecule has 1 N–H and O–H groups in total. The zero-order valence-corrected chi connectivity index (χ0v) is 9.93. The summed E-state index contributed by atoms with van der Waals surface area (Å²) in [4.78, 5) is 0. The van der Waals surface area contributed by atoms with Crippen molar-refractivity contribution in [3.05, 3.63) is 59.2 Å². The molecule has 18 heavy (non-hydrogen) atoms. The number of rotatable bonds is 3. The van der Waals surface area contributed by atoms with Gasteiger partial charge in [0, 0.05) is 0 Å². The molecule has 0 radical (unpaired) electrons. The van der Waals surface area contributed by atoms with Gasteiger partial charge in [0.15, 0.2) is 11.5 Å². The van der Waals surface area contributed by atoms with Gasteiger partial charge >= 0.3 is 0 Å². The van der Waals surface area contributed by atoms with E-state index in [0.29, 0.717) is 6.79 Å². The van der Waals surface area contributed by atoms with Crippen LogP contribution in [-0.2, 0) is 13.0 Å². The Labute approximate surface area is 106 Å². The molecule has 0 saturated carbocycles. The van der Waals surface area contributed by atoms with E-state index in [4.69, 9.17) is 14.6 Å². The molecule has 0 spiro atoms. The van der Waals surface area contributed by atoms with Crippen LogP contribution in [0.1, 0.15) is 16.7 Å². The van der Waals surface area contributed by atoms with Crippen molar-refractivity contribution in [1.82, 2.24) is 0 Å². The highest BCUT2D eigenvalue weighted by Crippen LogP contribution is 2.33. The lowest BCUT2D eigenvalue weighted by Gasteiger charge is -2.04. The summed E-state index contributed by atoms with van der Waals surface area (Å²) in [5.74, 6) is 1.63. The topological polar surface area (TPSA) is 38.7 Å². The molecule has 2 aromatic rings. The normalized spacial score (nSPS) is 12.7. The number of benzene rings is 2. The molecule has 0 unspecified atom stereocenters.